The van der Waals surface area contributed by atoms with Crippen molar-refractivity contribution in [3.8, 4) is 5.75 Å². The number of phenolic OH excluding ortho intramolecular Hbond substituents is 1. The van der Waals surface area contributed by atoms with Crippen LogP contribution in [0.3, 0.4) is 0 Å². The molecule has 0 unspecified atom stereocenters. The van der Waals surface area contributed by atoms with Crippen molar-refractivity contribution in [2.24, 2.45) is 0 Å². The van der Waals surface area contributed by atoms with Crippen molar-refractivity contribution in [3.05, 3.63) is 29.8 Å². The van der Waals surface area contributed by atoms with Crippen LogP contribution < -0.4 is 0 Å². The van der Waals surface area contributed by atoms with E-state index < -0.39 is 5.60 Å². The van der Waals surface area contributed by atoms with Gasteiger partial charge in [-0.15, -0.1) is 0 Å². The van der Waals surface area contributed by atoms with Crippen LogP contribution in [0.25, 0.3) is 0 Å². The second-order valence-electron chi connectivity index (χ2n) is 6.53. The van der Waals surface area contributed by atoms with Crippen molar-refractivity contribution in [1.29, 1.82) is 0 Å². The van der Waals surface area contributed by atoms with Crippen molar-refractivity contribution in [1.82, 2.24) is 4.90 Å². The minimum Gasteiger partial charge on any atom is -0.508 e. The average Bonchev–Trinajstić information content (AvgIpc) is 2.52. The van der Waals surface area contributed by atoms with Gasteiger partial charge in [0.1, 0.15) is 11.4 Å². The Labute approximate surface area is 141 Å². The maximum atomic E-state index is 11.5. The number of amides is 1. The molecule has 1 aliphatic rings. The Bertz CT molecular complexity index is 442. The van der Waals surface area contributed by atoms with E-state index in [2.05, 4.69) is 0 Å². The second-order valence-corrected chi connectivity index (χ2v) is 6.53. The number of phenols is 1. The van der Waals surface area contributed by atoms with Crippen LogP contribution in [-0.2, 0) is 4.74 Å². The predicted molar refractivity (Wildman–Crippen MR) is 92.6 cm³/mol. The lowest BCUT2D eigenvalue weighted by Gasteiger charge is -2.31. The van der Waals surface area contributed by atoms with Gasteiger partial charge in [0, 0.05) is 14.5 Å². The third-order valence-corrected chi connectivity index (χ3v) is 3.15. The van der Waals surface area contributed by atoms with Gasteiger partial charge in [-0.3, -0.25) is 0 Å². The van der Waals surface area contributed by atoms with E-state index >= 15 is 0 Å². The SMILES string of the molecule is CC(C)(C)OC(=O)N1CCC(O)CC1.Cc1ccc(O)cc1.[3H]C. The monoisotopic (exact) mass is 327 g/mol. The number of carbonyl (C=O) groups is 1. The summed E-state index contributed by atoms with van der Waals surface area (Å²) in [5.41, 5.74) is 0.732. The van der Waals surface area contributed by atoms with Gasteiger partial charge < -0.3 is 19.8 Å². The number of ether oxygens (including phenoxy) is 1. The molecule has 1 saturated heterocycles. The molecular formula is C18H31NO4. The number of carbonyl (C=O) groups excluding carboxylic acids is 1. The number of aryl methyl sites for hydroxylation is 1. The first-order valence-electron chi connectivity index (χ1n) is 8.59. The summed E-state index contributed by atoms with van der Waals surface area (Å²) in [7, 11) is 1.25. The third-order valence-electron chi connectivity index (χ3n) is 3.15. The van der Waals surface area contributed by atoms with E-state index in [4.69, 9.17) is 11.2 Å². The molecule has 0 radical (unpaired) electrons. The van der Waals surface area contributed by atoms with Crippen LogP contribution in [0.1, 0.15) is 47.9 Å². The summed E-state index contributed by atoms with van der Waals surface area (Å²) < 4.78 is 11.0. The first-order chi connectivity index (χ1) is 11.2. The van der Waals surface area contributed by atoms with Gasteiger partial charge in [-0.25, -0.2) is 4.79 Å². The number of piperidine rings is 1. The van der Waals surface area contributed by atoms with Crippen molar-refractivity contribution in [3.63, 3.8) is 0 Å². The van der Waals surface area contributed by atoms with Crippen LogP contribution in [0, 0.1) is 6.92 Å². The molecule has 0 spiro atoms. The van der Waals surface area contributed by atoms with Crippen LogP contribution in [-0.4, -0.2) is 46.0 Å². The largest absolute Gasteiger partial charge is 0.508 e. The molecule has 132 valence electrons. The molecule has 0 saturated carbocycles. The van der Waals surface area contributed by atoms with Gasteiger partial charge in [-0.05, 0) is 52.7 Å². The lowest BCUT2D eigenvalue weighted by Crippen LogP contribution is -2.42. The summed E-state index contributed by atoms with van der Waals surface area (Å²) >= 11 is 0. The van der Waals surface area contributed by atoms with Gasteiger partial charge in [0.25, 0.3) is 0 Å². The zero-order valence-corrected chi connectivity index (χ0v) is 14.9. The first kappa shape index (κ1) is 19.3. The molecular weight excluding hydrogens is 294 g/mol. The Balaban J connectivity index is 0.000000447. The molecule has 1 aromatic rings. The second kappa shape index (κ2) is 9.40. The highest BCUT2D eigenvalue weighted by Gasteiger charge is 2.25. The van der Waals surface area contributed by atoms with Gasteiger partial charge in [0.15, 0.2) is 0 Å². The summed E-state index contributed by atoms with van der Waals surface area (Å²) in [5.74, 6) is 0.329. The number of aromatic hydroxyl groups is 1. The van der Waals surface area contributed by atoms with E-state index in [1.807, 2.05) is 39.8 Å². The minimum absolute atomic E-state index is 0.256. The summed E-state index contributed by atoms with van der Waals surface area (Å²) in [6.07, 6.45) is 0.775. The molecule has 5 nitrogen and oxygen atoms in total. The quantitative estimate of drug-likeness (QED) is 0.762. The van der Waals surface area contributed by atoms with Crippen LogP contribution in [0.5, 0.6) is 5.75 Å². The summed E-state index contributed by atoms with van der Waals surface area (Å²) in [5, 5.41) is 18.0. The van der Waals surface area contributed by atoms with E-state index in [9.17, 15) is 9.90 Å². The summed E-state index contributed by atoms with van der Waals surface area (Å²) in [6, 6.07) is 7.09. The van der Waals surface area contributed by atoms with Gasteiger partial charge in [0.05, 0.1) is 6.10 Å². The zero-order chi connectivity index (χ0) is 18.8. The Hall–Kier alpha value is -1.75. The highest BCUT2D eigenvalue weighted by atomic mass is 16.6. The molecule has 2 rings (SSSR count). The van der Waals surface area contributed by atoms with Crippen molar-refractivity contribution < 1.29 is 21.1 Å². The Morgan fingerprint density at radius 2 is 1.74 bits per heavy atom. The molecule has 1 amide bonds. The molecule has 1 heterocycles. The third kappa shape index (κ3) is 9.08. The molecule has 0 atom stereocenters. The standard InChI is InChI=1S/C10H19NO3.C7H8O.CH4/c1-10(2,3)14-9(13)11-6-4-8(12)5-7-11;1-6-2-4-7(8)5-3-6;/h8,12H,4-7H2,1-3H3;2-5,8H,1H3;1H4/i;;1T. The maximum Gasteiger partial charge on any atom is 0.410 e. The molecule has 1 fully saturated rings. The van der Waals surface area contributed by atoms with Crippen molar-refractivity contribution in [2.45, 2.75) is 59.6 Å². The number of benzene rings is 1. The van der Waals surface area contributed by atoms with Crippen molar-refractivity contribution in [2.75, 3.05) is 13.1 Å². The van der Waals surface area contributed by atoms with Crippen LogP contribution in [0.2, 0.25) is 0 Å². The lowest BCUT2D eigenvalue weighted by atomic mass is 10.1. The Morgan fingerprint density at radius 3 is 2.13 bits per heavy atom. The Morgan fingerprint density at radius 1 is 1.26 bits per heavy atom. The van der Waals surface area contributed by atoms with E-state index in [0.29, 0.717) is 31.7 Å². The Kier molecular flexibility index (Phi) is 7.89. The minimum atomic E-state index is -0.437. The molecule has 0 aliphatic carbocycles. The number of aliphatic hydroxyl groups excluding tert-OH is 1. The van der Waals surface area contributed by atoms with Gasteiger partial charge in [-0.1, -0.05) is 25.1 Å². The fourth-order valence-corrected chi connectivity index (χ4v) is 1.92. The normalized spacial score (nSPS) is 15.4. The number of rotatable bonds is 0. The molecule has 1 aliphatic heterocycles. The number of aliphatic hydroxyl groups is 1. The predicted octanol–water partition coefficient (Wildman–Crippen LogP) is 3.71. The molecule has 1 aromatic carbocycles. The maximum absolute atomic E-state index is 11.5. The van der Waals surface area contributed by atoms with Gasteiger partial charge in [-0.2, -0.15) is 0 Å². The lowest BCUT2D eigenvalue weighted by molar-refractivity contribution is 0.0101. The zero-order valence-electron chi connectivity index (χ0n) is 15.9. The first-order valence-corrected chi connectivity index (χ1v) is 7.59. The summed E-state index contributed by atoms with van der Waals surface area (Å²) in [4.78, 5) is 13.2. The van der Waals surface area contributed by atoms with Crippen LogP contribution in [0.15, 0.2) is 24.3 Å². The number of likely N-dealkylation sites (tertiary alicyclic amines) is 1. The van der Waals surface area contributed by atoms with Crippen LogP contribution in [0.4, 0.5) is 4.79 Å². The number of hydrogen-bond donors (Lipinski definition) is 2. The number of hydrogen-bond acceptors (Lipinski definition) is 4. The number of nitrogens with zero attached hydrogens (tertiary/aromatic N) is 1. The molecule has 0 bridgehead atoms. The van der Waals surface area contributed by atoms with Crippen LogP contribution >= 0.6 is 0 Å². The van der Waals surface area contributed by atoms with E-state index in [1.165, 1.54) is 13.0 Å². The molecule has 2 N–H and O–H groups in total. The smallest absolute Gasteiger partial charge is 0.410 e. The average molecular weight is 327 g/mol. The van der Waals surface area contributed by atoms with Gasteiger partial charge >= 0.3 is 6.09 Å². The molecule has 0 aromatic heterocycles. The highest BCUT2D eigenvalue weighted by molar-refractivity contribution is 5.68. The highest BCUT2D eigenvalue weighted by Crippen LogP contribution is 2.15. The van der Waals surface area contributed by atoms with E-state index in [1.54, 1.807) is 17.0 Å². The molecule has 5 heteroatoms. The topological polar surface area (TPSA) is 70.0 Å². The van der Waals surface area contributed by atoms with E-state index in [-0.39, 0.29) is 12.2 Å². The fraction of sp³-hybridized carbons (Fsp3) is 0.611. The van der Waals surface area contributed by atoms with Crippen molar-refractivity contribution >= 4 is 6.09 Å². The van der Waals surface area contributed by atoms with Gasteiger partial charge in [0.2, 0.25) is 0 Å². The summed E-state index contributed by atoms with van der Waals surface area (Å²) in [6.45, 7) is 8.72. The molecule has 23 heavy (non-hydrogen) atoms. The van der Waals surface area contributed by atoms with E-state index in [0.717, 1.165) is 0 Å². The fourth-order valence-electron chi connectivity index (χ4n) is 1.92.